The Morgan fingerprint density at radius 2 is 2.40 bits per heavy atom. The Morgan fingerprint density at radius 3 is 3.07 bits per heavy atom. The lowest BCUT2D eigenvalue weighted by Crippen LogP contribution is -2.27. The Kier molecular flexibility index (Phi) is 3.01. The quantitative estimate of drug-likeness (QED) is 0.738. The molecule has 0 aromatic carbocycles. The molecule has 0 saturated heterocycles. The second-order valence-corrected chi connectivity index (χ2v) is 3.94. The molecule has 1 fully saturated rings. The maximum absolute atomic E-state index is 5.55. The summed E-state index contributed by atoms with van der Waals surface area (Å²) in [6, 6.07) is 2.48. The van der Waals surface area contributed by atoms with Gasteiger partial charge in [0.25, 0.3) is 0 Å². The molecule has 5 heteroatoms. The van der Waals surface area contributed by atoms with Gasteiger partial charge in [-0.3, -0.25) is 0 Å². The summed E-state index contributed by atoms with van der Waals surface area (Å²) >= 11 is 0. The van der Waals surface area contributed by atoms with E-state index in [9.17, 15) is 0 Å². The Bertz CT molecular complexity index is 323. The molecule has 1 aliphatic rings. The molecule has 1 heterocycles. The lowest BCUT2D eigenvalue weighted by Gasteiger charge is -2.15. The molecule has 1 aromatic rings. The fraction of sp³-hybridized carbons (Fsp3) is 0.600. The van der Waals surface area contributed by atoms with E-state index in [2.05, 4.69) is 27.2 Å². The second kappa shape index (κ2) is 4.44. The van der Waals surface area contributed by atoms with Gasteiger partial charge in [0.05, 0.1) is 0 Å². The molecule has 82 valence electrons. The van der Waals surface area contributed by atoms with Crippen molar-refractivity contribution in [2.24, 2.45) is 0 Å². The minimum atomic E-state index is 0.503. The molecule has 1 aliphatic carbocycles. The number of nitrogen functional groups attached to an aromatic ring is 1. The van der Waals surface area contributed by atoms with Crippen LogP contribution in [0.2, 0.25) is 0 Å². The lowest BCUT2D eigenvalue weighted by atomic mass is 10.5. The van der Waals surface area contributed by atoms with Gasteiger partial charge in [0.15, 0.2) is 0 Å². The van der Waals surface area contributed by atoms with Crippen LogP contribution in [0.15, 0.2) is 12.3 Å². The third-order valence-corrected chi connectivity index (χ3v) is 2.59. The maximum Gasteiger partial charge on any atom is 0.224 e. The van der Waals surface area contributed by atoms with Crippen molar-refractivity contribution in [1.29, 1.82) is 0 Å². The molecular formula is C10H17N5. The Hall–Kier alpha value is -1.36. The van der Waals surface area contributed by atoms with Gasteiger partial charge in [-0.25, -0.2) is 4.98 Å². The zero-order chi connectivity index (χ0) is 10.7. The minimum Gasteiger partial charge on any atom is -0.384 e. The summed E-state index contributed by atoms with van der Waals surface area (Å²) in [5.41, 5.74) is 5.55. The third-order valence-electron chi connectivity index (χ3n) is 2.59. The fourth-order valence-electron chi connectivity index (χ4n) is 1.50. The molecule has 0 unspecified atom stereocenters. The zero-order valence-electron chi connectivity index (χ0n) is 8.98. The van der Waals surface area contributed by atoms with Gasteiger partial charge >= 0.3 is 0 Å². The van der Waals surface area contributed by atoms with E-state index in [1.807, 2.05) is 0 Å². The molecule has 1 aromatic heterocycles. The lowest BCUT2D eigenvalue weighted by molar-refractivity contribution is 0.337. The summed E-state index contributed by atoms with van der Waals surface area (Å²) in [4.78, 5) is 10.5. The van der Waals surface area contributed by atoms with Gasteiger partial charge in [0.1, 0.15) is 5.82 Å². The highest BCUT2D eigenvalue weighted by molar-refractivity contribution is 5.34. The summed E-state index contributed by atoms with van der Waals surface area (Å²) in [5.74, 6) is 1.11. The van der Waals surface area contributed by atoms with Gasteiger partial charge in [0.2, 0.25) is 5.95 Å². The number of hydrogen-bond acceptors (Lipinski definition) is 5. The number of nitrogens with one attached hydrogen (secondary N) is 1. The van der Waals surface area contributed by atoms with Crippen molar-refractivity contribution in [1.82, 2.24) is 14.9 Å². The average Bonchev–Trinajstić information content (AvgIpc) is 3.00. The standard InChI is InChI=1S/C10H17N5/c1-15(8-2-3-8)7-6-13-10-12-5-4-9(11)14-10/h4-5,8H,2-3,6-7H2,1H3,(H3,11,12,13,14). The summed E-state index contributed by atoms with van der Waals surface area (Å²) in [7, 11) is 2.15. The molecule has 5 nitrogen and oxygen atoms in total. The molecule has 0 amide bonds. The number of aromatic nitrogens is 2. The van der Waals surface area contributed by atoms with Crippen LogP contribution >= 0.6 is 0 Å². The monoisotopic (exact) mass is 207 g/mol. The molecule has 0 atom stereocenters. The number of hydrogen-bond donors (Lipinski definition) is 2. The molecule has 2 rings (SSSR count). The van der Waals surface area contributed by atoms with Crippen LogP contribution in [0.25, 0.3) is 0 Å². The minimum absolute atomic E-state index is 0.503. The predicted octanol–water partition coefficient (Wildman–Crippen LogP) is 0.565. The summed E-state index contributed by atoms with van der Waals surface area (Å²) in [6.07, 6.45) is 4.34. The summed E-state index contributed by atoms with van der Waals surface area (Å²) < 4.78 is 0. The maximum atomic E-state index is 5.55. The van der Waals surface area contributed by atoms with E-state index in [0.717, 1.165) is 19.1 Å². The number of likely N-dealkylation sites (N-methyl/N-ethyl adjacent to an activating group) is 1. The Balaban J connectivity index is 1.73. The average molecular weight is 207 g/mol. The highest BCUT2D eigenvalue weighted by Crippen LogP contribution is 2.24. The van der Waals surface area contributed by atoms with Gasteiger partial charge < -0.3 is 16.0 Å². The van der Waals surface area contributed by atoms with Crippen molar-refractivity contribution in [3.05, 3.63) is 12.3 Å². The van der Waals surface area contributed by atoms with Crippen molar-refractivity contribution >= 4 is 11.8 Å². The molecule has 0 spiro atoms. The van der Waals surface area contributed by atoms with Gasteiger partial charge in [-0.15, -0.1) is 0 Å². The van der Waals surface area contributed by atoms with Gasteiger partial charge in [-0.2, -0.15) is 4.98 Å². The molecule has 1 saturated carbocycles. The SMILES string of the molecule is CN(CCNc1nccc(N)n1)C1CC1. The number of anilines is 2. The largest absolute Gasteiger partial charge is 0.384 e. The smallest absolute Gasteiger partial charge is 0.224 e. The van der Waals surface area contributed by atoms with E-state index in [4.69, 9.17) is 5.73 Å². The van der Waals surface area contributed by atoms with Crippen LogP contribution in [0.1, 0.15) is 12.8 Å². The highest BCUT2D eigenvalue weighted by atomic mass is 15.2. The van der Waals surface area contributed by atoms with E-state index in [1.54, 1.807) is 12.3 Å². The number of nitrogens with two attached hydrogens (primary N) is 1. The van der Waals surface area contributed by atoms with Crippen LogP contribution in [-0.2, 0) is 0 Å². The first kappa shape index (κ1) is 10.2. The van der Waals surface area contributed by atoms with Gasteiger partial charge in [-0.1, -0.05) is 0 Å². The predicted molar refractivity (Wildman–Crippen MR) is 60.6 cm³/mol. The van der Waals surface area contributed by atoms with Crippen LogP contribution in [0.4, 0.5) is 11.8 Å². The summed E-state index contributed by atoms with van der Waals surface area (Å²) in [5, 5.41) is 3.16. The molecule has 0 bridgehead atoms. The van der Waals surface area contributed by atoms with E-state index < -0.39 is 0 Å². The second-order valence-electron chi connectivity index (χ2n) is 3.94. The highest BCUT2D eigenvalue weighted by Gasteiger charge is 2.25. The molecular weight excluding hydrogens is 190 g/mol. The first-order chi connectivity index (χ1) is 7.25. The van der Waals surface area contributed by atoms with E-state index in [-0.39, 0.29) is 0 Å². The van der Waals surface area contributed by atoms with Crippen LogP contribution in [0.5, 0.6) is 0 Å². The van der Waals surface area contributed by atoms with Crippen molar-refractivity contribution in [2.75, 3.05) is 31.2 Å². The van der Waals surface area contributed by atoms with E-state index >= 15 is 0 Å². The first-order valence-corrected chi connectivity index (χ1v) is 5.28. The van der Waals surface area contributed by atoms with E-state index in [0.29, 0.717) is 11.8 Å². The van der Waals surface area contributed by atoms with Crippen molar-refractivity contribution < 1.29 is 0 Å². The van der Waals surface area contributed by atoms with Gasteiger partial charge in [-0.05, 0) is 26.0 Å². The van der Waals surface area contributed by atoms with Crippen molar-refractivity contribution in [3.63, 3.8) is 0 Å². The Labute approximate surface area is 89.7 Å². The fourth-order valence-corrected chi connectivity index (χ4v) is 1.50. The van der Waals surface area contributed by atoms with Crippen LogP contribution in [-0.4, -0.2) is 41.0 Å². The topological polar surface area (TPSA) is 67.1 Å². The molecule has 3 N–H and O–H groups in total. The number of nitrogens with zero attached hydrogens (tertiary/aromatic N) is 3. The zero-order valence-corrected chi connectivity index (χ0v) is 8.98. The third kappa shape index (κ3) is 3.06. The van der Waals surface area contributed by atoms with Crippen LogP contribution in [0, 0.1) is 0 Å². The summed E-state index contributed by atoms with van der Waals surface area (Å²) in [6.45, 7) is 1.87. The molecule has 15 heavy (non-hydrogen) atoms. The van der Waals surface area contributed by atoms with Gasteiger partial charge in [0, 0.05) is 25.3 Å². The van der Waals surface area contributed by atoms with E-state index in [1.165, 1.54) is 12.8 Å². The molecule has 0 radical (unpaired) electrons. The van der Waals surface area contributed by atoms with Crippen molar-refractivity contribution in [2.45, 2.75) is 18.9 Å². The molecule has 0 aliphatic heterocycles. The van der Waals surface area contributed by atoms with Crippen molar-refractivity contribution in [3.8, 4) is 0 Å². The first-order valence-electron chi connectivity index (χ1n) is 5.28. The van der Waals surface area contributed by atoms with Crippen LogP contribution in [0.3, 0.4) is 0 Å². The van der Waals surface area contributed by atoms with Crippen LogP contribution < -0.4 is 11.1 Å². The Morgan fingerprint density at radius 1 is 1.60 bits per heavy atom. The normalized spacial score (nSPS) is 15.6. The number of rotatable bonds is 5.